The molecule has 0 fully saturated rings. The molecule has 0 radical (unpaired) electrons. The largest absolute Gasteiger partial charge is 0.495 e. The first kappa shape index (κ1) is 30.7. The highest BCUT2D eigenvalue weighted by atomic mass is 35.5. The average molecular weight is 591 g/mol. The van der Waals surface area contributed by atoms with Crippen LogP contribution in [0.25, 0.3) is 0 Å². The first-order chi connectivity index (χ1) is 20.2. The number of Topliss-reactive ketones (excluding diaryl/α,β-unsaturated/α-hetero) is 1. The third kappa shape index (κ3) is 7.35. The van der Waals surface area contributed by atoms with Gasteiger partial charge in [0.15, 0.2) is 5.78 Å². The van der Waals surface area contributed by atoms with E-state index in [1.54, 1.807) is 36.4 Å². The summed E-state index contributed by atoms with van der Waals surface area (Å²) < 4.78 is 5.39. The van der Waals surface area contributed by atoms with Crippen molar-refractivity contribution in [3.05, 3.63) is 94.0 Å². The van der Waals surface area contributed by atoms with Crippen LogP contribution in [0.5, 0.6) is 5.75 Å². The van der Waals surface area contributed by atoms with E-state index < -0.39 is 23.9 Å². The van der Waals surface area contributed by atoms with Crippen molar-refractivity contribution in [2.75, 3.05) is 19.0 Å². The number of methoxy groups -OCH3 is 1. The number of nitrogens with zero attached hydrogens (tertiary/aromatic N) is 1. The Morgan fingerprint density at radius 2 is 1.71 bits per heavy atom. The Labute approximate surface area is 250 Å². The van der Waals surface area contributed by atoms with Gasteiger partial charge in [-0.25, -0.2) is 0 Å². The summed E-state index contributed by atoms with van der Waals surface area (Å²) in [4.78, 5) is 54.6. The number of ether oxygens (including phenoxy) is 1. The molecule has 4 rings (SSSR count). The number of nitrogens with one attached hydrogen (secondary N) is 2. The van der Waals surface area contributed by atoms with Gasteiger partial charge in [0.05, 0.1) is 12.8 Å². The van der Waals surface area contributed by atoms with Gasteiger partial charge in [-0.15, -0.1) is 0 Å². The molecule has 0 aromatic heterocycles. The molecule has 1 aliphatic heterocycles. The van der Waals surface area contributed by atoms with Crippen LogP contribution in [0.15, 0.2) is 66.7 Å². The van der Waals surface area contributed by atoms with Crippen LogP contribution in [-0.2, 0) is 27.3 Å². The fraction of sp³-hybridized carbons (Fsp3) is 0.312. The number of benzene rings is 3. The first-order valence-electron chi connectivity index (χ1n) is 13.8. The lowest BCUT2D eigenvalue weighted by molar-refractivity contribution is -0.142. The smallest absolute Gasteiger partial charge is 0.247 e. The highest BCUT2D eigenvalue weighted by Crippen LogP contribution is 2.31. The van der Waals surface area contributed by atoms with Crippen molar-refractivity contribution in [1.29, 1.82) is 0 Å². The Bertz CT molecular complexity index is 1460. The summed E-state index contributed by atoms with van der Waals surface area (Å²) in [5.74, 6) is -1.00. The van der Waals surface area contributed by atoms with Crippen LogP contribution in [0.3, 0.4) is 0 Å². The molecule has 0 aliphatic carbocycles. The molecule has 0 saturated heterocycles. The van der Waals surface area contributed by atoms with E-state index in [9.17, 15) is 19.2 Å². The molecule has 3 aromatic rings. The van der Waals surface area contributed by atoms with Crippen LogP contribution in [0.1, 0.15) is 46.3 Å². The standard InChI is InChI=1S/C32H35ClN4O5/c1-20-16-29(42-2)26(18-24(20)33)36-31(40)25(14-15-34)35-32(41)27-17-22-10-6-7-11-23(22)19-37(27)30(39)13-12-28(38)21-8-4-3-5-9-21/h3-11,16,18,25,27H,12-15,17,19,34H2,1-2H3,(H,35,41)(H,36,40)/t25-,27-/m0/s1. The van der Waals surface area contributed by atoms with Crippen LogP contribution < -0.4 is 21.1 Å². The number of hydrogen-bond acceptors (Lipinski definition) is 6. The van der Waals surface area contributed by atoms with Gasteiger partial charge in [0, 0.05) is 36.4 Å². The summed E-state index contributed by atoms with van der Waals surface area (Å²) in [5, 5.41) is 6.05. The van der Waals surface area contributed by atoms with Crippen molar-refractivity contribution in [2.45, 2.75) is 51.2 Å². The average Bonchev–Trinajstić information content (AvgIpc) is 3.00. The van der Waals surface area contributed by atoms with Gasteiger partial charge in [-0.3, -0.25) is 19.2 Å². The molecule has 9 nitrogen and oxygen atoms in total. The number of fused-ring (bicyclic) bond motifs is 1. The molecule has 220 valence electrons. The van der Waals surface area contributed by atoms with Gasteiger partial charge in [0.1, 0.15) is 17.8 Å². The van der Waals surface area contributed by atoms with Crippen LogP contribution in [-0.4, -0.2) is 54.1 Å². The second kappa shape index (κ2) is 14.1. The second-order valence-electron chi connectivity index (χ2n) is 10.2. The van der Waals surface area contributed by atoms with E-state index in [1.165, 1.54) is 12.0 Å². The number of hydrogen-bond donors (Lipinski definition) is 3. The zero-order valence-corrected chi connectivity index (χ0v) is 24.4. The van der Waals surface area contributed by atoms with Crippen molar-refractivity contribution < 1.29 is 23.9 Å². The van der Waals surface area contributed by atoms with Crippen molar-refractivity contribution in [1.82, 2.24) is 10.2 Å². The van der Waals surface area contributed by atoms with Gasteiger partial charge in [0.2, 0.25) is 17.7 Å². The third-order valence-electron chi connectivity index (χ3n) is 7.36. The van der Waals surface area contributed by atoms with Crippen LogP contribution in [0.2, 0.25) is 5.02 Å². The predicted molar refractivity (Wildman–Crippen MR) is 161 cm³/mol. The van der Waals surface area contributed by atoms with E-state index in [1.807, 2.05) is 37.3 Å². The van der Waals surface area contributed by atoms with E-state index in [0.717, 1.165) is 16.7 Å². The molecule has 10 heteroatoms. The molecule has 3 amide bonds. The number of anilines is 1. The minimum absolute atomic E-state index is 0.0223. The number of rotatable bonds is 11. The molecule has 4 N–H and O–H groups in total. The van der Waals surface area contributed by atoms with E-state index in [-0.39, 0.29) is 50.5 Å². The van der Waals surface area contributed by atoms with Crippen molar-refractivity contribution >= 4 is 40.8 Å². The van der Waals surface area contributed by atoms with E-state index in [0.29, 0.717) is 22.0 Å². The molecular weight excluding hydrogens is 556 g/mol. The third-order valence-corrected chi connectivity index (χ3v) is 7.77. The number of carbonyl (C=O) groups excluding carboxylic acids is 4. The minimum Gasteiger partial charge on any atom is -0.495 e. The molecule has 2 atom stereocenters. The van der Waals surface area contributed by atoms with Crippen LogP contribution in [0, 0.1) is 6.92 Å². The fourth-order valence-corrected chi connectivity index (χ4v) is 5.16. The van der Waals surface area contributed by atoms with Crippen LogP contribution in [0.4, 0.5) is 5.69 Å². The van der Waals surface area contributed by atoms with E-state index in [2.05, 4.69) is 10.6 Å². The number of ketones is 1. The summed E-state index contributed by atoms with van der Waals surface area (Å²) in [5.41, 5.74) is 9.35. The molecule has 0 unspecified atom stereocenters. The lowest BCUT2D eigenvalue weighted by atomic mass is 9.92. The van der Waals surface area contributed by atoms with E-state index in [4.69, 9.17) is 22.1 Å². The molecule has 0 saturated carbocycles. The van der Waals surface area contributed by atoms with Gasteiger partial charge >= 0.3 is 0 Å². The minimum atomic E-state index is -0.971. The summed E-state index contributed by atoms with van der Waals surface area (Å²) in [6.45, 7) is 2.18. The Morgan fingerprint density at radius 3 is 2.40 bits per heavy atom. The Hall–Kier alpha value is -4.21. The van der Waals surface area contributed by atoms with E-state index >= 15 is 0 Å². The zero-order chi connectivity index (χ0) is 30.2. The topological polar surface area (TPSA) is 131 Å². The van der Waals surface area contributed by atoms with Gasteiger partial charge in [0.25, 0.3) is 0 Å². The summed E-state index contributed by atoms with van der Waals surface area (Å²) in [6.07, 6.45) is 0.426. The number of halogens is 1. The molecule has 0 spiro atoms. The maximum atomic E-state index is 13.7. The second-order valence-corrected chi connectivity index (χ2v) is 10.6. The molecule has 0 bridgehead atoms. The Balaban J connectivity index is 1.51. The lowest BCUT2D eigenvalue weighted by Gasteiger charge is -2.36. The fourth-order valence-electron chi connectivity index (χ4n) is 5.00. The Kier molecular flexibility index (Phi) is 10.3. The van der Waals surface area contributed by atoms with Gasteiger partial charge in [-0.05, 0) is 48.7 Å². The van der Waals surface area contributed by atoms with Gasteiger partial charge < -0.3 is 26.0 Å². The number of amides is 3. The highest BCUT2D eigenvalue weighted by molar-refractivity contribution is 6.31. The predicted octanol–water partition coefficient (Wildman–Crippen LogP) is 4.05. The maximum absolute atomic E-state index is 13.7. The zero-order valence-electron chi connectivity index (χ0n) is 23.7. The molecular formula is C32H35ClN4O5. The molecule has 1 heterocycles. The van der Waals surface area contributed by atoms with Gasteiger partial charge in [-0.2, -0.15) is 0 Å². The SMILES string of the molecule is COc1cc(C)c(Cl)cc1NC(=O)[C@H](CCN)NC(=O)[C@@H]1Cc2ccccc2CN1C(=O)CCC(=O)c1ccccc1. The van der Waals surface area contributed by atoms with Crippen molar-refractivity contribution in [3.8, 4) is 5.75 Å². The number of aryl methyl sites for hydroxylation is 1. The number of carbonyl (C=O) groups is 4. The molecule has 1 aliphatic rings. The maximum Gasteiger partial charge on any atom is 0.247 e. The van der Waals surface area contributed by atoms with Crippen molar-refractivity contribution in [2.24, 2.45) is 5.73 Å². The monoisotopic (exact) mass is 590 g/mol. The quantitative estimate of drug-likeness (QED) is 0.289. The molecule has 3 aromatic carbocycles. The molecule has 42 heavy (non-hydrogen) atoms. The highest BCUT2D eigenvalue weighted by Gasteiger charge is 2.36. The van der Waals surface area contributed by atoms with Crippen molar-refractivity contribution in [3.63, 3.8) is 0 Å². The van der Waals surface area contributed by atoms with Gasteiger partial charge in [-0.1, -0.05) is 66.2 Å². The summed E-state index contributed by atoms with van der Waals surface area (Å²) in [7, 11) is 1.48. The number of nitrogens with two attached hydrogens (primary N) is 1. The first-order valence-corrected chi connectivity index (χ1v) is 14.2. The van der Waals surface area contributed by atoms with Crippen LogP contribution >= 0.6 is 11.6 Å². The summed E-state index contributed by atoms with van der Waals surface area (Å²) >= 11 is 6.26. The summed E-state index contributed by atoms with van der Waals surface area (Å²) in [6, 6.07) is 17.9. The lowest BCUT2D eigenvalue weighted by Crippen LogP contribution is -2.56. The normalized spacial score (nSPS) is 14.9. The Morgan fingerprint density at radius 1 is 1.02 bits per heavy atom.